The fraction of sp³-hybridized carbons (Fsp3) is 0.308. The average molecular weight is 280 g/mol. The number of urea groups is 1. The maximum absolute atomic E-state index is 13.8. The summed E-state index contributed by atoms with van der Waals surface area (Å²) in [6.45, 7) is 3.38. The lowest BCUT2D eigenvalue weighted by molar-refractivity contribution is -0.133. The standard InChI is InChI=1S/C13H13FN2O4/c1-3-20-10-5-4-8(6-9(10)14)16-12(18)7(2)11(17)15-13(16)19/h4-7H,3H2,1-2H3,(H,15,17,19). The predicted octanol–water partition coefficient (Wildman–Crippen LogP) is 1.44. The van der Waals surface area contributed by atoms with E-state index in [1.54, 1.807) is 6.92 Å². The molecule has 20 heavy (non-hydrogen) atoms. The lowest BCUT2D eigenvalue weighted by atomic mass is 10.1. The van der Waals surface area contributed by atoms with Crippen molar-refractivity contribution in [3.8, 4) is 5.75 Å². The number of halogens is 1. The molecule has 1 atom stereocenters. The highest BCUT2D eigenvalue weighted by Gasteiger charge is 2.38. The number of anilines is 1. The number of hydrogen-bond acceptors (Lipinski definition) is 4. The second-order valence-electron chi connectivity index (χ2n) is 4.24. The van der Waals surface area contributed by atoms with Crippen molar-refractivity contribution in [3.05, 3.63) is 24.0 Å². The third-order valence-electron chi connectivity index (χ3n) is 2.89. The number of ether oxygens (including phenoxy) is 1. The molecule has 7 heteroatoms. The number of imide groups is 2. The molecule has 0 spiro atoms. The third kappa shape index (κ3) is 2.34. The number of nitrogens with zero attached hydrogens (tertiary/aromatic N) is 1. The maximum Gasteiger partial charge on any atom is 0.335 e. The molecule has 1 unspecified atom stereocenters. The summed E-state index contributed by atoms with van der Waals surface area (Å²) in [7, 11) is 0. The van der Waals surface area contributed by atoms with Gasteiger partial charge in [0.1, 0.15) is 5.92 Å². The van der Waals surface area contributed by atoms with Crippen LogP contribution in [0.3, 0.4) is 0 Å². The molecule has 0 aromatic heterocycles. The summed E-state index contributed by atoms with van der Waals surface area (Å²) in [6.07, 6.45) is 0. The number of carbonyl (C=O) groups excluding carboxylic acids is 3. The van der Waals surface area contributed by atoms with Gasteiger partial charge < -0.3 is 4.74 Å². The van der Waals surface area contributed by atoms with Crippen LogP contribution in [-0.4, -0.2) is 24.5 Å². The van der Waals surface area contributed by atoms with E-state index in [9.17, 15) is 18.8 Å². The van der Waals surface area contributed by atoms with E-state index in [4.69, 9.17) is 4.74 Å². The van der Waals surface area contributed by atoms with Crippen LogP contribution in [0.2, 0.25) is 0 Å². The monoisotopic (exact) mass is 280 g/mol. The van der Waals surface area contributed by atoms with Gasteiger partial charge in [-0.25, -0.2) is 14.1 Å². The van der Waals surface area contributed by atoms with Gasteiger partial charge in [0.05, 0.1) is 12.3 Å². The number of barbiturate groups is 1. The zero-order valence-corrected chi connectivity index (χ0v) is 11.0. The van der Waals surface area contributed by atoms with E-state index in [-0.39, 0.29) is 11.4 Å². The number of nitrogens with one attached hydrogen (secondary N) is 1. The Morgan fingerprint density at radius 1 is 1.35 bits per heavy atom. The van der Waals surface area contributed by atoms with E-state index < -0.39 is 29.6 Å². The number of benzene rings is 1. The van der Waals surface area contributed by atoms with Crippen molar-refractivity contribution in [2.75, 3.05) is 11.5 Å². The highest BCUT2D eigenvalue weighted by atomic mass is 19.1. The highest BCUT2D eigenvalue weighted by Crippen LogP contribution is 2.26. The number of amides is 4. The first kappa shape index (κ1) is 14.0. The molecule has 1 aliphatic rings. The van der Waals surface area contributed by atoms with E-state index in [1.807, 2.05) is 5.32 Å². The topological polar surface area (TPSA) is 75.7 Å². The van der Waals surface area contributed by atoms with Gasteiger partial charge in [-0.1, -0.05) is 0 Å². The highest BCUT2D eigenvalue weighted by molar-refractivity contribution is 6.27. The van der Waals surface area contributed by atoms with Crippen molar-refractivity contribution in [1.82, 2.24) is 5.32 Å². The molecule has 1 saturated heterocycles. The Kier molecular flexibility index (Phi) is 3.69. The van der Waals surface area contributed by atoms with Crippen molar-refractivity contribution in [2.24, 2.45) is 5.92 Å². The van der Waals surface area contributed by atoms with Gasteiger partial charge in [-0.2, -0.15) is 0 Å². The summed E-state index contributed by atoms with van der Waals surface area (Å²) >= 11 is 0. The van der Waals surface area contributed by atoms with Crippen molar-refractivity contribution < 1.29 is 23.5 Å². The Bertz CT molecular complexity index is 588. The third-order valence-corrected chi connectivity index (χ3v) is 2.89. The van der Waals surface area contributed by atoms with Gasteiger partial charge in [0.2, 0.25) is 11.8 Å². The quantitative estimate of drug-likeness (QED) is 0.850. The first-order valence-electron chi connectivity index (χ1n) is 6.06. The zero-order valence-electron chi connectivity index (χ0n) is 11.0. The normalized spacial score (nSPS) is 19.1. The van der Waals surface area contributed by atoms with E-state index in [2.05, 4.69) is 0 Å². The largest absolute Gasteiger partial charge is 0.491 e. The summed E-state index contributed by atoms with van der Waals surface area (Å²) in [5.74, 6) is -3.01. The molecule has 4 amide bonds. The van der Waals surface area contributed by atoms with Crippen LogP contribution in [0.25, 0.3) is 0 Å². The van der Waals surface area contributed by atoms with Crippen LogP contribution in [0, 0.1) is 11.7 Å². The van der Waals surface area contributed by atoms with Crippen LogP contribution in [0.5, 0.6) is 5.75 Å². The summed E-state index contributed by atoms with van der Waals surface area (Å²) in [4.78, 5) is 35.7. The first-order valence-corrected chi connectivity index (χ1v) is 6.06. The van der Waals surface area contributed by atoms with E-state index in [0.29, 0.717) is 6.61 Å². The number of rotatable bonds is 3. The average Bonchev–Trinajstić information content (AvgIpc) is 2.39. The van der Waals surface area contributed by atoms with E-state index in [0.717, 1.165) is 11.0 Å². The molecule has 6 nitrogen and oxygen atoms in total. The van der Waals surface area contributed by atoms with Gasteiger partial charge in [0.15, 0.2) is 11.6 Å². The Morgan fingerprint density at radius 3 is 2.65 bits per heavy atom. The maximum atomic E-state index is 13.8. The van der Waals surface area contributed by atoms with Crippen LogP contribution in [0.4, 0.5) is 14.9 Å². The predicted molar refractivity (Wildman–Crippen MR) is 67.8 cm³/mol. The lowest BCUT2D eigenvalue weighted by Gasteiger charge is -2.28. The van der Waals surface area contributed by atoms with Crippen molar-refractivity contribution in [1.29, 1.82) is 0 Å². The van der Waals surface area contributed by atoms with Gasteiger partial charge in [0.25, 0.3) is 0 Å². The molecular formula is C13H13FN2O4. The minimum absolute atomic E-state index is 0.0326. The minimum Gasteiger partial charge on any atom is -0.491 e. The SMILES string of the molecule is CCOc1ccc(N2C(=O)NC(=O)C(C)C2=O)cc1F. The van der Waals surface area contributed by atoms with Gasteiger partial charge in [-0.05, 0) is 26.0 Å². The van der Waals surface area contributed by atoms with Crippen molar-refractivity contribution in [3.63, 3.8) is 0 Å². The lowest BCUT2D eigenvalue weighted by Crippen LogP contribution is -2.57. The van der Waals surface area contributed by atoms with Crippen LogP contribution < -0.4 is 15.0 Å². The van der Waals surface area contributed by atoms with Gasteiger partial charge in [-0.15, -0.1) is 0 Å². The Labute approximate surface area is 114 Å². The van der Waals surface area contributed by atoms with Gasteiger partial charge >= 0.3 is 6.03 Å². The zero-order chi connectivity index (χ0) is 14.9. The summed E-state index contributed by atoms with van der Waals surface area (Å²) in [5, 5.41) is 2.04. The molecule has 1 heterocycles. The van der Waals surface area contributed by atoms with Gasteiger partial charge in [-0.3, -0.25) is 14.9 Å². The molecule has 2 rings (SSSR count). The molecule has 0 bridgehead atoms. The summed E-state index contributed by atoms with van der Waals surface area (Å²) in [6, 6.07) is 2.84. The van der Waals surface area contributed by atoms with Crippen LogP contribution >= 0.6 is 0 Å². The summed E-state index contributed by atoms with van der Waals surface area (Å²) in [5.41, 5.74) is 0.0489. The first-order chi connectivity index (χ1) is 9.45. The Balaban J connectivity index is 2.35. The number of hydrogen-bond donors (Lipinski definition) is 1. The fourth-order valence-electron chi connectivity index (χ4n) is 1.82. The second kappa shape index (κ2) is 5.28. The molecule has 1 aromatic rings. The van der Waals surface area contributed by atoms with Crippen LogP contribution in [0.1, 0.15) is 13.8 Å². The van der Waals surface area contributed by atoms with Crippen LogP contribution in [0.15, 0.2) is 18.2 Å². The molecule has 106 valence electrons. The van der Waals surface area contributed by atoms with Crippen molar-refractivity contribution in [2.45, 2.75) is 13.8 Å². The van der Waals surface area contributed by atoms with Crippen molar-refractivity contribution >= 4 is 23.5 Å². The summed E-state index contributed by atoms with van der Waals surface area (Å²) < 4.78 is 18.8. The van der Waals surface area contributed by atoms with E-state index >= 15 is 0 Å². The van der Waals surface area contributed by atoms with Gasteiger partial charge in [0, 0.05) is 6.07 Å². The minimum atomic E-state index is -0.998. The molecule has 0 radical (unpaired) electrons. The Morgan fingerprint density at radius 2 is 2.05 bits per heavy atom. The molecule has 1 N–H and O–H groups in total. The molecule has 1 aliphatic heterocycles. The molecular weight excluding hydrogens is 267 g/mol. The molecule has 1 aromatic carbocycles. The second-order valence-corrected chi connectivity index (χ2v) is 4.24. The Hall–Kier alpha value is -2.44. The fourth-order valence-corrected chi connectivity index (χ4v) is 1.82. The number of carbonyl (C=O) groups is 3. The smallest absolute Gasteiger partial charge is 0.335 e. The van der Waals surface area contributed by atoms with Crippen LogP contribution in [-0.2, 0) is 9.59 Å². The molecule has 1 fully saturated rings. The van der Waals surface area contributed by atoms with E-state index in [1.165, 1.54) is 19.1 Å². The molecule has 0 saturated carbocycles. The molecule has 0 aliphatic carbocycles.